The number of halogens is 2. The standard InChI is InChI=1S/C28H32F2N8O/c29-24(30)25-33-22-8-4-5-9-23(22)38(25)28-35-26(34-27(36-28)37-14-16-39-17-15-37)32-21-12-10-20(11-13-21)31-18-19-6-2-1-3-7-19/h1-9,20-21,24,31H,10-18H2,(H,32,34,35,36). The first-order valence-electron chi connectivity index (χ1n) is 13.5. The number of nitrogens with one attached hydrogen (secondary N) is 2. The van der Waals surface area contributed by atoms with Crippen molar-refractivity contribution in [2.75, 3.05) is 36.5 Å². The molecule has 0 bridgehead atoms. The Kier molecular flexibility index (Phi) is 7.60. The highest BCUT2D eigenvalue weighted by molar-refractivity contribution is 5.77. The number of aromatic nitrogens is 5. The molecule has 4 aromatic rings. The monoisotopic (exact) mass is 534 g/mol. The number of imidazole rings is 1. The lowest BCUT2D eigenvalue weighted by Gasteiger charge is -2.30. The Labute approximate surface area is 225 Å². The molecule has 0 unspecified atom stereocenters. The van der Waals surface area contributed by atoms with Crippen molar-refractivity contribution in [1.29, 1.82) is 0 Å². The van der Waals surface area contributed by atoms with Gasteiger partial charge in [-0.05, 0) is 43.4 Å². The number of anilines is 2. The molecule has 39 heavy (non-hydrogen) atoms. The lowest BCUT2D eigenvalue weighted by Crippen LogP contribution is -2.38. The summed E-state index contributed by atoms with van der Waals surface area (Å²) in [5.74, 6) is 0.588. The zero-order chi connectivity index (χ0) is 26.6. The number of rotatable bonds is 8. The molecule has 1 aliphatic carbocycles. The van der Waals surface area contributed by atoms with Gasteiger partial charge in [0.25, 0.3) is 6.43 Å². The number of ether oxygens (including phenoxy) is 1. The summed E-state index contributed by atoms with van der Waals surface area (Å²) in [6, 6.07) is 18.1. The number of alkyl halides is 2. The predicted molar refractivity (Wildman–Crippen MR) is 145 cm³/mol. The fraction of sp³-hybridized carbons (Fsp3) is 0.429. The number of fused-ring (bicyclic) bond motifs is 1. The van der Waals surface area contributed by atoms with Crippen molar-refractivity contribution in [2.45, 2.75) is 50.7 Å². The molecule has 9 nitrogen and oxygen atoms in total. The smallest absolute Gasteiger partial charge is 0.296 e. The third-order valence-electron chi connectivity index (χ3n) is 7.39. The molecule has 204 valence electrons. The maximum atomic E-state index is 14.1. The molecule has 0 radical (unpaired) electrons. The first kappa shape index (κ1) is 25.6. The molecule has 11 heteroatoms. The average Bonchev–Trinajstić information content (AvgIpc) is 3.38. The number of benzene rings is 2. The molecule has 2 fully saturated rings. The summed E-state index contributed by atoms with van der Waals surface area (Å²) < 4.78 is 35.0. The van der Waals surface area contributed by atoms with Gasteiger partial charge in [0, 0.05) is 31.7 Å². The van der Waals surface area contributed by atoms with E-state index in [4.69, 9.17) is 9.72 Å². The summed E-state index contributed by atoms with van der Waals surface area (Å²) in [7, 11) is 0. The van der Waals surface area contributed by atoms with Crippen LogP contribution in [0.2, 0.25) is 0 Å². The normalized spacial score (nSPS) is 20.0. The van der Waals surface area contributed by atoms with E-state index in [1.807, 2.05) is 11.0 Å². The molecule has 3 heterocycles. The van der Waals surface area contributed by atoms with E-state index in [-0.39, 0.29) is 17.8 Å². The van der Waals surface area contributed by atoms with Gasteiger partial charge < -0.3 is 20.3 Å². The quantitative estimate of drug-likeness (QED) is 0.342. The Morgan fingerprint density at radius 2 is 1.51 bits per heavy atom. The van der Waals surface area contributed by atoms with Crippen LogP contribution in [0.15, 0.2) is 54.6 Å². The Morgan fingerprint density at radius 1 is 0.821 bits per heavy atom. The van der Waals surface area contributed by atoms with Crippen LogP contribution in [-0.4, -0.2) is 62.9 Å². The van der Waals surface area contributed by atoms with Crippen LogP contribution in [0.3, 0.4) is 0 Å². The van der Waals surface area contributed by atoms with Gasteiger partial charge in [-0.25, -0.2) is 13.8 Å². The van der Waals surface area contributed by atoms with Crippen molar-refractivity contribution >= 4 is 22.9 Å². The van der Waals surface area contributed by atoms with Gasteiger partial charge in [-0.15, -0.1) is 0 Å². The van der Waals surface area contributed by atoms with Crippen LogP contribution in [-0.2, 0) is 11.3 Å². The second-order valence-corrected chi connectivity index (χ2v) is 10.0. The highest BCUT2D eigenvalue weighted by Gasteiger charge is 2.26. The summed E-state index contributed by atoms with van der Waals surface area (Å²) in [5.41, 5.74) is 2.28. The van der Waals surface area contributed by atoms with Gasteiger partial charge in [-0.1, -0.05) is 42.5 Å². The van der Waals surface area contributed by atoms with Crippen LogP contribution in [0.5, 0.6) is 0 Å². The van der Waals surface area contributed by atoms with Gasteiger partial charge in [-0.3, -0.25) is 4.57 Å². The summed E-state index contributed by atoms with van der Waals surface area (Å²) in [4.78, 5) is 20.2. The molecular weight excluding hydrogens is 502 g/mol. The van der Waals surface area contributed by atoms with E-state index >= 15 is 0 Å². The van der Waals surface area contributed by atoms with Crippen molar-refractivity contribution in [3.8, 4) is 5.95 Å². The van der Waals surface area contributed by atoms with Gasteiger partial charge in [0.15, 0.2) is 5.82 Å². The highest BCUT2D eigenvalue weighted by Crippen LogP contribution is 2.28. The number of hydrogen-bond donors (Lipinski definition) is 2. The molecule has 0 atom stereocenters. The van der Waals surface area contributed by atoms with Gasteiger partial charge >= 0.3 is 0 Å². The van der Waals surface area contributed by atoms with Crippen LogP contribution in [0, 0.1) is 0 Å². The molecule has 6 rings (SSSR count). The van der Waals surface area contributed by atoms with Gasteiger partial charge in [0.2, 0.25) is 17.8 Å². The van der Waals surface area contributed by atoms with Gasteiger partial charge in [-0.2, -0.15) is 15.0 Å². The van der Waals surface area contributed by atoms with E-state index in [1.54, 1.807) is 24.3 Å². The molecule has 2 aromatic heterocycles. The van der Waals surface area contributed by atoms with Crippen LogP contribution in [0.4, 0.5) is 20.7 Å². The molecule has 0 amide bonds. The topological polar surface area (TPSA) is 93.0 Å². The lowest BCUT2D eigenvalue weighted by atomic mass is 9.91. The SMILES string of the molecule is FC(F)c1nc2ccccc2n1-c1nc(NC2CCC(NCc3ccccc3)CC2)nc(N2CCOCC2)n1. The fourth-order valence-electron chi connectivity index (χ4n) is 5.31. The number of para-hydroxylation sites is 2. The van der Waals surface area contributed by atoms with E-state index in [0.29, 0.717) is 55.3 Å². The summed E-state index contributed by atoms with van der Waals surface area (Å²) in [5, 5.41) is 7.15. The Morgan fingerprint density at radius 3 is 2.28 bits per heavy atom. The Balaban J connectivity index is 1.23. The third-order valence-corrected chi connectivity index (χ3v) is 7.39. The minimum Gasteiger partial charge on any atom is -0.378 e. The van der Waals surface area contributed by atoms with Crippen molar-refractivity contribution < 1.29 is 13.5 Å². The maximum Gasteiger partial charge on any atom is 0.296 e. The Bertz CT molecular complexity index is 1390. The highest BCUT2D eigenvalue weighted by atomic mass is 19.3. The van der Waals surface area contributed by atoms with E-state index < -0.39 is 6.43 Å². The first-order chi connectivity index (χ1) is 19.1. The van der Waals surface area contributed by atoms with Crippen molar-refractivity contribution in [3.05, 3.63) is 66.0 Å². The molecular formula is C28H32F2N8O. The van der Waals surface area contributed by atoms with Crippen molar-refractivity contribution in [3.63, 3.8) is 0 Å². The minimum atomic E-state index is -2.78. The van der Waals surface area contributed by atoms with E-state index in [1.165, 1.54) is 10.1 Å². The predicted octanol–water partition coefficient (Wildman–Crippen LogP) is 4.50. The van der Waals surface area contributed by atoms with Crippen molar-refractivity contribution in [2.24, 2.45) is 0 Å². The second kappa shape index (κ2) is 11.6. The van der Waals surface area contributed by atoms with Crippen LogP contribution in [0.1, 0.15) is 43.5 Å². The fourth-order valence-corrected chi connectivity index (χ4v) is 5.31. The zero-order valence-electron chi connectivity index (χ0n) is 21.6. The summed E-state index contributed by atoms with van der Waals surface area (Å²) in [6.07, 6.45) is 1.19. The average molecular weight is 535 g/mol. The molecule has 1 saturated heterocycles. The zero-order valence-corrected chi connectivity index (χ0v) is 21.6. The van der Waals surface area contributed by atoms with Crippen molar-refractivity contribution in [1.82, 2.24) is 29.8 Å². The Hall–Kier alpha value is -3.70. The molecule has 2 aromatic carbocycles. The summed E-state index contributed by atoms with van der Waals surface area (Å²) in [6.45, 7) is 3.20. The van der Waals surface area contributed by atoms with Gasteiger partial charge in [0.1, 0.15) is 0 Å². The lowest BCUT2D eigenvalue weighted by molar-refractivity contribution is 0.122. The second-order valence-electron chi connectivity index (χ2n) is 10.0. The number of morpholine rings is 1. The van der Waals surface area contributed by atoms with Gasteiger partial charge in [0.05, 0.1) is 24.2 Å². The number of hydrogen-bond acceptors (Lipinski definition) is 8. The molecule has 0 spiro atoms. The molecule has 1 aliphatic heterocycles. The summed E-state index contributed by atoms with van der Waals surface area (Å²) >= 11 is 0. The van der Waals surface area contributed by atoms with E-state index in [2.05, 4.69) is 49.9 Å². The first-order valence-corrected chi connectivity index (χ1v) is 13.5. The largest absolute Gasteiger partial charge is 0.378 e. The maximum absolute atomic E-state index is 14.1. The third kappa shape index (κ3) is 5.84. The minimum absolute atomic E-state index is 0.135. The molecule has 2 aliphatic rings. The number of nitrogens with zero attached hydrogens (tertiary/aromatic N) is 6. The van der Waals surface area contributed by atoms with E-state index in [0.717, 1.165) is 32.2 Å². The van der Waals surface area contributed by atoms with Crippen LogP contribution in [0.25, 0.3) is 17.0 Å². The van der Waals surface area contributed by atoms with Crippen LogP contribution >= 0.6 is 0 Å². The van der Waals surface area contributed by atoms with Crippen LogP contribution < -0.4 is 15.5 Å². The van der Waals surface area contributed by atoms with E-state index in [9.17, 15) is 8.78 Å². The molecule has 2 N–H and O–H groups in total. The molecule has 1 saturated carbocycles.